The van der Waals surface area contributed by atoms with Crippen molar-refractivity contribution in [1.29, 1.82) is 5.41 Å². The molecule has 0 bridgehead atoms. The van der Waals surface area contributed by atoms with E-state index in [0.29, 0.717) is 5.75 Å². The molecule has 0 saturated heterocycles. The Bertz CT molecular complexity index is 311. The first-order valence-corrected chi connectivity index (χ1v) is 5.25. The van der Waals surface area contributed by atoms with E-state index in [0.717, 1.165) is 17.3 Å². The monoisotopic (exact) mass is 210 g/mol. The average Bonchev–Trinajstić information content (AvgIpc) is 2.16. The summed E-state index contributed by atoms with van der Waals surface area (Å²) in [6.07, 6.45) is 0. The number of benzene rings is 1. The van der Waals surface area contributed by atoms with Gasteiger partial charge in [0, 0.05) is 5.75 Å². The lowest BCUT2D eigenvalue weighted by molar-refractivity contribution is 0.0841. The first-order valence-electron chi connectivity index (χ1n) is 4.27. The van der Waals surface area contributed by atoms with Crippen molar-refractivity contribution in [2.45, 2.75) is 12.5 Å². The summed E-state index contributed by atoms with van der Waals surface area (Å²) in [5.41, 5.74) is 5.12. The van der Waals surface area contributed by atoms with Crippen LogP contribution in [0.25, 0.3) is 0 Å². The number of thioether (sulfide) groups is 1. The minimum absolute atomic E-state index is 0.0289. The molecule has 0 amide bonds. The molecule has 0 saturated carbocycles. The Balaban J connectivity index is 2.70. The number of rotatable bonds is 3. The third-order valence-corrected chi connectivity index (χ3v) is 2.92. The van der Waals surface area contributed by atoms with Crippen molar-refractivity contribution in [2.24, 2.45) is 5.73 Å². The molecule has 1 aromatic rings. The zero-order chi connectivity index (χ0) is 10.6. The molecule has 14 heavy (non-hydrogen) atoms. The molecule has 0 aliphatic rings. The molecule has 0 aliphatic carbocycles. The summed E-state index contributed by atoms with van der Waals surface area (Å²) in [6, 6.07) is 9.38. The van der Waals surface area contributed by atoms with Gasteiger partial charge in [-0.2, -0.15) is 0 Å². The summed E-state index contributed by atoms with van der Waals surface area (Å²) in [6.45, 7) is 1.72. The van der Waals surface area contributed by atoms with Gasteiger partial charge in [0.2, 0.25) is 0 Å². The van der Waals surface area contributed by atoms with Crippen molar-refractivity contribution in [2.75, 3.05) is 5.75 Å². The number of aliphatic hydroxyl groups is 1. The van der Waals surface area contributed by atoms with Gasteiger partial charge in [-0.1, -0.05) is 42.1 Å². The van der Waals surface area contributed by atoms with E-state index >= 15 is 0 Å². The highest BCUT2D eigenvalue weighted by Crippen LogP contribution is 2.24. The minimum Gasteiger partial charge on any atom is -0.385 e. The Morgan fingerprint density at radius 2 is 2.07 bits per heavy atom. The van der Waals surface area contributed by atoms with Gasteiger partial charge >= 0.3 is 0 Å². The fourth-order valence-corrected chi connectivity index (χ4v) is 1.70. The summed E-state index contributed by atoms with van der Waals surface area (Å²) >= 11 is 1.14. The fourth-order valence-electron chi connectivity index (χ4n) is 1.10. The van der Waals surface area contributed by atoms with E-state index in [-0.39, 0.29) is 5.17 Å². The van der Waals surface area contributed by atoms with Crippen molar-refractivity contribution in [3.8, 4) is 0 Å². The fraction of sp³-hybridized carbons (Fsp3) is 0.300. The molecule has 1 aromatic carbocycles. The highest BCUT2D eigenvalue weighted by atomic mass is 32.2. The Hall–Kier alpha value is -1.00. The van der Waals surface area contributed by atoms with Gasteiger partial charge in [-0.3, -0.25) is 5.41 Å². The average molecular weight is 210 g/mol. The summed E-state index contributed by atoms with van der Waals surface area (Å²) in [4.78, 5) is 0. The first-order chi connectivity index (χ1) is 6.52. The molecule has 76 valence electrons. The molecule has 4 N–H and O–H groups in total. The van der Waals surface area contributed by atoms with Gasteiger partial charge < -0.3 is 10.8 Å². The molecule has 4 heteroatoms. The SMILES string of the molecule is CC(O)(CSC(=N)N)c1ccccc1. The lowest BCUT2D eigenvalue weighted by Gasteiger charge is -2.22. The highest BCUT2D eigenvalue weighted by molar-refractivity contribution is 8.13. The zero-order valence-electron chi connectivity index (χ0n) is 8.03. The molecule has 1 unspecified atom stereocenters. The maximum Gasteiger partial charge on any atom is 0.151 e. The molecule has 3 nitrogen and oxygen atoms in total. The van der Waals surface area contributed by atoms with Crippen LogP contribution in [0.15, 0.2) is 30.3 Å². The van der Waals surface area contributed by atoms with Crippen LogP contribution in [-0.4, -0.2) is 16.0 Å². The van der Waals surface area contributed by atoms with Crippen molar-refractivity contribution in [3.05, 3.63) is 35.9 Å². The number of hydrogen-bond acceptors (Lipinski definition) is 3. The van der Waals surface area contributed by atoms with Crippen molar-refractivity contribution >= 4 is 16.9 Å². The van der Waals surface area contributed by atoms with Crippen LogP contribution in [0.5, 0.6) is 0 Å². The third-order valence-electron chi connectivity index (χ3n) is 1.90. The minimum atomic E-state index is -0.933. The predicted molar refractivity (Wildman–Crippen MR) is 60.4 cm³/mol. The molecule has 0 radical (unpaired) electrons. The van der Waals surface area contributed by atoms with Crippen LogP contribution in [0.2, 0.25) is 0 Å². The lowest BCUT2D eigenvalue weighted by atomic mass is 9.99. The van der Waals surface area contributed by atoms with Gasteiger partial charge in [-0.05, 0) is 12.5 Å². The van der Waals surface area contributed by atoms with Crippen LogP contribution in [0.3, 0.4) is 0 Å². The second kappa shape index (κ2) is 4.48. The molecule has 0 spiro atoms. The van der Waals surface area contributed by atoms with Crippen LogP contribution in [-0.2, 0) is 5.60 Å². The van der Waals surface area contributed by atoms with Gasteiger partial charge in [0.05, 0.1) is 5.60 Å². The topological polar surface area (TPSA) is 70.1 Å². The van der Waals surface area contributed by atoms with E-state index in [1.165, 1.54) is 0 Å². The molecule has 0 fully saturated rings. The normalized spacial score (nSPS) is 14.7. The summed E-state index contributed by atoms with van der Waals surface area (Å²) in [5, 5.41) is 17.2. The van der Waals surface area contributed by atoms with Crippen LogP contribution in [0, 0.1) is 5.41 Å². The zero-order valence-corrected chi connectivity index (χ0v) is 8.84. The summed E-state index contributed by atoms with van der Waals surface area (Å²) in [7, 11) is 0. The molecule has 0 heterocycles. The quantitative estimate of drug-likeness (QED) is 0.523. The summed E-state index contributed by atoms with van der Waals surface area (Å²) < 4.78 is 0. The van der Waals surface area contributed by atoms with E-state index in [9.17, 15) is 5.11 Å². The van der Waals surface area contributed by atoms with Crippen LogP contribution < -0.4 is 5.73 Å². The van der Waals surface area contributed by atoms with E-state index in [1.54, 1.807) is 6.92 Å². The Morgan fingerprint density at radius 3 is 2.57 bits per heavy atom. The molecular weight excluding hydrogens is 196 g/mol. The smallest absolute Gasteiger partial charge is 0.151 e. The van der Waals surface area contributed by atoms with Gasteiger partial charge in [0.1, 0.15) is 0 Å². The maximum absolute atomic E-state index is 10.1. The molecule has 0 aromatic heterocycles. The predicted octanol–water partition coefficient (Wildman–Crippen LogP) is 1.52. The number of nitrogens with two attached hydrogens (primary N) is 1. The Labute approximate surface area is 87.8 Å². The third kappa shape index (κ3) is 3.05. The van der Waals surface area contributed by atoms with Crippen LogP contribution in [0.4, 0.5) is 0 Å². The summed E-state index contributed by atoms with van der Waals surface area (Å²) in [5.74, 6) is 0.395. The van der Waals surface area contributed by atoms with E-state index in [4.69, 9.17) is 11.1 Å². The second-order valence-electron chi connectivity index (χ2n) is 3.29. The van der Waals surface area contributed by atoms with Gasteiger partial charge in [0.15, 0.2) is 5.17 Å². The van der Waals surface area contributed by atoms with E-state index in [1.807, 2.05) is 30.3 Å². The molecular formula is C10H14N2OS. The van der Waals surface area contributed by atoms with Crippen molar-refractivity contribution in [3.63, 3.8) is 0 Å². The first kappa shape index (κ1) is 11.1. The molecule has 0 aliphatic heterocycles. The lowest BCUT2D eigenvalue weighted by Crippen LogP contribution is -2.25. The van der Waals surface area contributed by atoms with E-state index in [2.05, 4.69) is 0 Å². The largest absolute Gasteiger partial charge is 0.385 e. The number of nitrogens with one attached hydrogen (secondary N) is 1. The van der Waals surface area contributed by atoms with Gasteiger partial charge in [-0.25, -0.2) is 0 Å². The van der Waals surface area contributed by atoms with Gasteiger partial charge in [-0.15, -0.1) is 0 Å². The second-order valence-corrected chi connectivity index (χ2v) is 4.31. The molecule has 1 atom stereocenters. The van der Waals surface area contributed by atoms with Crippen LogP contribution in [0.1, 0.15) is 12.5 Å². The van der Waals surface area contributed by atoms with Crippen LogP contribution >= 0.6 is 11.8 Å². The standard InChI is InChI=1S/C10H14N2OS/c1-10(13,7-14-9(11)12)8-5-3-2-4-6-8/h2-6,13H,7H2,1H3,(H3,11,12). The van der Waals surface area contributed by atoms with Gasteiger partial charge in [0.25, 0.3) is 0 Å². The Morgan fingerprint density at radius 1 is 1.50 bits per heavy atom. The molecule has 1 rings (SSSR count). The van der Waals surface area contributed by atoms with Crippen molar-refractivity contribution in [1.82, 2.24) is 0 Å². The number of hydrogen-bond donors (Lipinski definition) is 3. The van der Waals surface area contributed by atoms with Crippen molar-refractivity contribution < 1.29 is 5.11 Å². The Kier molecular flexibility index (Phi) is 3.55. The number of amidine groups is 1. The maximum atomic E-state index is 10.1. The van der Waals surface area contributed by atoms with E-state index < -0.39 is 5.60 Å². The highest BCUT2D eigenvalue weighted by Gasteiger charge is 2.22.